The van der Waals surface area contributed by atoms with Crippen molar-refractivity contribution in [1.29, 1.82) is 0 Å². The van der Waals surface area contributed by atoms with Crippen LogP contribution in [-0.4, -0.2) is 49.8 Å². The fraction of sp³-hybridized carbons (Fsp3) is 0.533. The van der Waals surface area contributed by atoms with Crippen LogP contribution in [0, 0.1) is 0 Å². The summed E-state index contributed by atoms with van der Waals surface area (Å²) in [6.45, 7) is 5.94. The number of methoxy groups -OCH3 is 1. The molecule has 1 aromatic rings. The van der Waals surface area contributed by atoms with Crippen LogP contribution in [0.4, 0.5) is 5.69 Å². The minimum absolute atomic E-state index is 0.0146. The van der Waals surface area contributed by atoms with Crippen LogP contribution in [0.2, 0.25) is 0 Å². The molecule has 0 spiro atoms. The third-order valence-electron chi connectivity index (χ3n) is 3.44. The minimum Gasteiger partial charge on any atom is -0.497 e. The highest BCUT2D eigenvalue weighted by molar-refractivity contribution is 5.92. The van der Waals surface area contributed by atoms with E-state index in [0.717, 1.165) is 18.0 Å². The molecule has 5 nitrogen and oxygen atoms in total. The number of carbonyl (C=O) groups excluding carboxylic acids is 1. The summed E-state index contributed by atoms with van der Waals surface area (Å²) in [5.41, 5.74) is 0.753. The molecule has 0 aliphatic carbocycles. The molecule has 2 atom stereocenters. The van der Waals surface area contributed by atoms with Gasteiger partial charge < -0.3 is 14.8 Å². The summed E-state index contributed by atoms with van der Waals surface area (Å²) in [6.07, 6.45) is 0.177. The van der Waals surface area contributed by atoms with Gasteiger partial charge in [0.05, 0.1) is 26.4 Å². The van der Waals surface area contributed by atoms with Crippen molar-refractivity contribution in [2.24, 2.45) is 0 Å². The molecule has 0 bridgehead atoms. The van der Waals surface area contributed by atoms with Gasteiger partial charge in [-0.15, -0.1) is 0 Å². The molecule has 1 aromatic carbocycles. The van der Waals surface area contributed by atoms with Crippen LogP contribution in [0.15, 0.2) is 24.3 Å². The van der Waals surface area contributed by atoms with Gasteiger partial charge in [-0.1, -0.05) is 6.07 Å². The van der Waals surface area contributed by atoms with Crippen molar-refractivity contribution in [3.63, 3.8) is 0 Å². The molecule has 2 rings (SSSR count). The standard InChI is InChI=1S/C15H22N2O3/c1-11-10-20-12(2)8-17(11)9-15(18)16-13-5-4-6-14(7-13)19-3/h4-7,11-12H,8-10H2,1-3H3,(H,16,18). The molecule has 1 fully saturated rings. The van der Waals surface area contributed by atoms with Crippen molar-refractivity contribution in [3.8, 4) is 5.75 Å². The van der Waals surface area contributed by atoms with Gasteiger partial charge in [-0.25, -0.2) is 0 Å². The third-order valence-corrected chi connectivity index (χ3v) is 3.44. The lowest BCUT2D eigenvalue weighted by atomic mass is 10.2. The lowest BCUT2D eigenvalue weighted by molar-refractivity contribution is -0.121. The first kappa shape index (κ1) is 14.8. The summed E-state index contributed by atoms with van der Waals surface area (Å²) in [7, 11) is 1.61. The second-order valence-corrected chi connectivity index (χ2v) is 5.20. The lowest BCUT2D eigenvalue weighted by Gasteiger charge is -2.36. The molecule has 20 heavy (non-hydrogen) atoms. The molecule has 1 aliphatic heterocycles. The highest BCUT2D eigenvalue weighted by Crippen LogP contribution is 2.17. The van der Waals surface area contributed by atoms with E-state index in [4.69, 9.17) is 9.47 Å². The molecule has 1 N–H and O–H groups in total. The van der Waals surface area contributed by atoms with Crippen LogP contribution in [0.25, 0.3) is 0 Å². The molecular weight excluding hydrogens is 256 g/mol. The summed E-state index contributed by atoms with van der Waals surface area (Å²) in [6, 6.07) is 7.63. The van der Waals surface area contributed by atoms with E-state index in [2.05, 4.69) is 17.1 Å². The van der Waals surface area contributed by atoms with E-state index in [9.17, 15) is 4.79 Å². The Labute approximate surface area is 119 Å². The van der Waals surface area contributed by atoms with E-state index in [1.807, 2.05) is 31.2 Å². The van der Waals surface area contributed by atoms with Crippen molar-refractivity contribution in [2.75, 3.05) is 32.1 Å². The average Bonchev–Trinajstić information content (AvgIpc) is 2.43. The van der Waals surface area contributed by atoms with E-state index < -0.39 is 0 Å². The van der Waals surface area contributed by atoms with Crippen molar-refractivity contribution in [3.05, 3.63) is 24.3 Å². The van der Waals surface area contributed by atoms with Gasteiger partial charge in [0.25, 0.3) is 0 Å². The number of rotatable bonds is 4. The minimum atomic E-state index is -0.0146. The van der Waals surface area contributed by atoms with Gasteiger partial charge in [0.1, 0.15) is 5.75 Å². The molecular formula is C15H22N2O3. The van der Waals surface area contributed by atoms with E-state index >= 15 is 0 Å². The Bertz CT molecular complexity index is 464. The van der Waals surface area contributed by atoms with E-state index in [-0.39, 0.29) is 18.1 Å². The number of nitrogens with one attached hydrogen (secondary N) is 1. The molecule has 110 valence electrons. The molecule has 0 radical (unpaired) electrons. The Kier molecular flexibility index (Phi) is 4.98. The summed E-state index contributed by atoms with van der Waals surface area (Å²) < 4.78 is 10.7. The number of hydrogen-bond donors (Lipinski definition) is 1. The highest BCUT2D eigenvalue weighted by Gasteiger charge is 2.25. The van der Waals surface area contributed by atoms with Crippen molar-refractivity contribution >= 4 is 11.6 Å². The van der Waals surface area contributed by atoms with Crippen LogP contribution in [0.1, 0.15) is 13.8 Å². The first-order valence-electron chi connectivity index (χ1n) is 6.88. The number of benzene rings is 1. The van der Waals surface area contributed by atoms with E-state index in [1.54, 1.807) is 7.11 Å². The molecule has 1 aliphatic rings. The maximum absolute atomic E-state index is 12.1. The van der Waals surface area contributed by atoms with Crippen molar-refractivity contribution in [2.45, 2.75) is 26.0 Å². The number of anilines is 1. The fourth-order valence-electron chi connectivity index (χ4n) is 2.28. The van der Waals surface area contributed by atoms with Gasteiger partial charge in [-0.2, -0.15) is 0 Å². The van der Waals surface area contributed by atoms with Crippen LogP contribution in [0.5, 0.6) is 5.75 Å². The summed E-state index contributed by atoms with van der Waals surface area (Å²) in [5, 5.41) is 2.90. The van der Waals surface area contributed by atoms with Crippen LogP contribution in [0.3, 0.4) is 0 Å². The second kappa shape index (κ2) is 6.72. The average molecular weight is 278 g/mol. The fourth-order valence-corrected chi connectivity index (χ4v) is 2.28. The number of morpholine rings is 1. The van der Waals surface area contributed by atoms with E-state index in [1.165, 1.54) is 0 Å². The predicted octanol–water partition coefficient (Wildman–Crippen LogP) is 1.74. The Morgan fingerprint density at radius 3 is 3.05 bits per heavy atom. The quantitative estimate of drug-likeness (QED) is 0.911. The van der Waals surface area contributed by atoms with Gasteiger partial charge in [0.15, 0.2) is 0 Å². The van der Waals surface area contributed by atoms with Gasteiger partial charge in [0.2, 0.25) is 5.91 Å². The normalized spacial score (nSPS) is 23.4. The number of carbonyl (C=O) groups is 1. The molecule has 5 heteroatoms. The smallest absolute Gasteiger partial charge is 0.238 e. The third kappa shape index (κ3) is 3.95. The molecule has 1 amide bonds. The second-order valence-electron chi connectivity index (χ2n) is 5.20. The SMILES string of the molecule is COc1cccc(NC(=O)CN2CC(C)OCC2C)c1. The summed E-state index contributed by atoms with van der Waals surface area (Å²) >= 11 is 0. The maximum atomic E-state index is 12.1. The van der Waals surface area contributed by atoms with Crippen LogP contribution >= 0.6 is 0 Å². The van der Waals surface area contributed by atoms with Crippen LogP contribution < -0.4 is 10.1 Å². The molecule has 2 unspecified atom stereocenters. The zero-order valence-corrected chi connectivity index (χ0v) is 12.3. The highest BCUT2D eigenvalue weighted by atomic mass is 16.5. The summed E-state index contributed by atoms with van der Waals surface area (Å²) in [4.78, 5) is 14.2. The molecule has 0 aromatic heterocycles. The Hall–Kier alpha value is -1.59. The van der Waals surface area contributed by atoms with Gasteiger partial charge in [-0.05, 0) is 26.0 Å². The number of amides is 1. The molecule has 1 heterocycles. The summed E-state index contributed by atoms with van der Waals surface area (Å²) in [5.74, 6) is 0.718. The van der Waals surface area contributed by atoms with Crippen molar-refractivity contribution in [1.82, 2.24) is 4.90 Å². The Balaban J connectivity index is 1.91. The zero-order valence-electron chi connectivity index (χ0n) is 12.3. The Morgan fingerprint density at radius 2 is 2.30 bits per heavy atom. The predicted molar refractivity (Wildman–Crippen MR) is 78.1 cm³/mol. The van der Waals surface area contributed by atoms with Gasteiger partial charge in [0, 0.05) is 24.3 Å². The topological polar surface area (TPSA) is 50.8 Å². The molecule has 0 saturated carbocycles. The number of ether oxygens (including phenoxy) is 2. The largest absolute Gasteiger partial charge is 0.497 e. The van der Waals surface area contributed by atoms with Gasteiger partial charge >= 0.3 is 0 Å². The maximum Gasteiger partial charge on any atom is 0.238 e. The van der Waals surface area contributed by atoms with Crippen molar-refractivity contribution < 1.29 is 14.3 Å². The van der Waals surface area contributed by atoms with Gasteiger partial charge in [-0.3, -0.25) is 9.69 Å². The zero-order chi connectivity index (χ0) is 14.5. The monoisotopic (exact) mass is 278 g/mol. The molecule has 1 saturated heterocycles. The first-order valence-corrected chi connectivity index (χ1v) is 6.88. The Morgan fingerprint density at radius 1 is 1.50 bits per heavy atom. The first-order chi connectivity index (χ1) is 9.58. The lowest BCUT2D eigenvalue weighted by Crippen LogP contribution is -2.50. The number of hydrogen-bond acceptors (Lipinski definition) is 4. The van der Waals surface area contributed by atoms with Crippen LogP contribution in [-0.2, 0) is 9.53 Å². The van der Waals surface area contributed by atoms with E-state index in [0.29, 0.717) is 13.2 Å². The number of nitrogens with zero attached hydrogens (tertiary/aromatic N) is 1.